The number of carbonyl (C=O) groups excluding carboxylic acids is 1. The Kier molecular flexibility index (Phi) is 3.57. The van der Waals surface area contributed by atoms with Crippen LogP contribution in [0.2, 0.25) is 0 Å². The molecule has 1 aliphatic rings. The van der Waals surface area contributed by atoms with Gasteiger partial charge in [-0.1, -0.05) is 41.7 Å². The van der Waals surface area contributed by atoms with Gasteiger partial charge in [-0.05, 0) is 26.2 Å². The predicted molar refractivity (Wildman–Crippen MR) is 88.4 cm³/mol. The molecule has 2 aromatic heterocycles. The number of nitrogens with zero attached hydrogens (tertiary/aromatic N) is 5. The molecule has 0 radical (unpaired) electrons. The largest absolute Gasteiger partial charge is 0.333 e. The lowest BCUT2D eigenvalue weighted by molar-refractivity contribution is 0.0620. The van der Waals surface area contributed by atoms with Crippen LogP contribution in [-0.2, 0) is 0 Å². The summed E-state index contributed by atoms with van der Waals surface area (Å²) in [5, 5.41) is 13.6. The van der Waals surface area contributed by atoms with Crippen LogP contribution < -0.4 is 0 Å². The molecule has 0 bridgehead atoms. The zero-order valence-corrected chi connectivity index (χ0v) is 13.7. The summed E-state index contributed by atoms with van der Waals surface area (Å²) in [6, 6.07) is 10.2. The van der Waals surface area contributed by atoms with E-state index in [1.54, 1.807) is 4.52 Å². The molecule has 23 heavy (non-hydrogen) atoms. The zero-order chi connectivity index (χ0) is 15.8. The maximum Gasteiger partial charge on any atom is 0.293 e. The van der Waals surface area contributed by atoms with Crippen LogP contribution in [0, 0.1) is 0 Å². The number of likely N-dealkylation sites (tertiary alicyclic amines) is 1. The minimum Gasteiger partial charge on any atom is -0.333 e. The molecule has 0 aliphatic carbocycles. The Bertz CT molecular complexity index is 841. The highest BCUT2D eigenvalue weighted by atomic mass is 32.1. The van der Waals surface area contributed by atoms with Crippen LogP contribution in [0.5, 0.6) is 0 Å². The van der Waals surface area contributed by atoms with Crippen LogP contribution in [0.4, 0.5) is 0 Å². The highest BCUT2D eigenvalue weighted by Gasteiger charge is 2.28. The molecule has 1 saturated heterocycles. The molecule has 1 unspecified atom stereocenters. The van der Waals surface area contributed by atoms with E-state index in [1.807, 2.05) is 35.2 Å². The summed E-state index contributed by atoms with van der Waals surface area (Å²) in [6.45, 7) is 2.87. The maximum absolute atomic E-state index is 12.8. The van der Waals surface area contributed by atoms with Gasteiger partial charge in [0.15, 0.2) is 0 Å². The molecule has 1 fully saturated rings. The van der Waals surface area contributed by atoms with E-state index in [1.165, 1.54) is 17.8 Å². The van der Waals surface area contributed by atoms with E-state index < -0.39 is 0 Å². The van der Waals surface area contributed by atoms with Crippen molar-refractivity contribution in [2.45, 2.75) is 32.2 Å². The van der Waals surface area contributed by atoms with Crippen molar-refractivity contribution < 1.29 is 4.79 Å². The fourth-order valence-electron chi connectivity index (χ4n) is 2.98. The topological polar surface area (TPSA) is 63.4 Å². The van der Waals surface area contributed by atoms with Gasteiger partial charge in [0.25, 0.3) is 5.91 Å². The monoisotopic (exact) mass is 327 g/mol. The normalized spacial score (nSPS) is 18.5. The summed E-state index contributed by atoms with van der Waals surface area (Å²) in [5.74, 6) is 0.238. The molecule has 1 atom stereocenters. The predicted octanol–water partition coefficient (Wildman–Crippen LogP) is 2.87. The first-order valence-corrected chi connectivity index (χ1v) is 8.64. The first kappa shape index (κ1) is 14.3. The fraction of sp³-hybridized carbons (Fsp3) is 0.375. The second kappa shape index (κ2) is 5.73. The van der Waals surface area contributed by atoms with Crippen molar-refractivity contribution in [2.75, 3.05) is 6.54 Å². The van der Waals surface area contributed by atoms with Gasteiger partial charge in [-0.15, -0.1) is 10.2 Å². The number of rotatable bonds is 2. The number of amides is 1. The summed E-state index contributed by atoms with van der Waals surface area (Å²) in [6.07, 6.45) is 3.26. The Morgan fingerprint density at radius 2 is 2.04 bits per heavy atom. The highest BCUT2D eigenvalue weighted by molar-refractivity contribution is 7.19. The zero-order valence-electron chi connectivity index (χ0n) is 12.8. The Hall–Kier alpha value is -2.28. The van der Waals surface area contributed by atoms with Gasteiger partial charge in [0.2, 0.25) is 10.8 Å². The van der Waals surface area contributed by atoms with Crippen molar-refractivity contribution in [1.82, 2.24) is 24.7 Å². The van der Waals surface area contributed by atoms with Gasteiger partial charge in [-0.3, -0.25) is 4.79 Å². The van der Waals surface area contributed by atoms with Gasteiger partial charge >= 0.3 is 0 Å². The molecule has 118 valence electrons. The van der Waals surface area contributed by atoms with Gasteiger partial charge in [-0.25, -0.2) is 0 Å². The smallest absolute Gasteiger partial charge is 0.293 e. The van der Waals surface area contributed by atoms with Crippen molar-refractivity contribution >= 4 is 22.2 Å². The van der Waals surface area contributed by atoms with Crippen LogP contribution in [-0.4, -0.2) is 43.2 Å². The third kappa shape index (κ3) is 2.50. The standard InChI is InChI=1S/C16H17N5OS/c1-11-7-5-6-10-20(11)15(22)13-17-18-16-21(13)19-14(23-16)12-8-3-2-4-9-12/h2-4,8-9,11H,5-7,10H2,1H3. The first-order chi connectivity index (χ1) is 11.2. The van der Waals surface area contributed by atoms with E-state index in [9.17, 15) is 4.79 Å². The van der Waals surface area contributed by atoms with Gasteiger partial charge in [0.1, 0.15) is 5.01 Å². The third-order valence-electron chi connectivity index (χ3n) is 4.27. The number of piperidine rings is 1. The fourth-order valence-corrected chi connectivity index (χ4v) is 3.82. The minimum atomic E-state index is -0.0744. The molecule has 3 heterocycles. The second-order valence-corrected chi connectivity index (χ2v) is 6.79. The molecule has 3 aromatic rings. The molecule has 6 nitrogen and oxygen atoms in total. The van der Waals surface area contributed by atoms with Crippen LogP contribution in [0.1, 0.15) is 36.8 Å². The molecule has 7 heteroatoms. The van der Waals surface area contributed by atoms with E-state index in [2.05, 4.69) is 22.2 Å². The molecule has 4 rings (SSSR count). The summed E-state index contributed by atoms with van der Waals surface area (Å²) in [5.41, 5.74) is 1.02. The summed E-state index contributed by atoms with van der Waals surface area (Å²) >= 11 is 1.44. The third-order valence-corrected chi connectivity index (χ3v) is 5.21. The van der Waals surface area contributed by atoms with Crippen molar-refractivity contribution in [3.8, 4) is 10.6 Å². The first-order valence-electron chi connectivity index (χ1n) is 7.82. The SMILES string of the molecule is CC1CCCCN1C(=O)c1nnc2sc(-c3ccccc3)nn12. The van der Waals surface area contributed by atoms with Crippen LogP contribution >= 0.6 is 11.3 Å². The number of carbonyl (C=O) groups is 1. The number of hydrogen-bond acceptors (Lipinski definition) is 5. The molecule has 1 amide bonds. The Morgan fingerprint density at radius 1 is 1.22 bits per heavy atom. The average molecular weight is 327 g/mol. The Morgan fingerprint density at radius 3 is 2.83 bits per heavy atom. The Balaban J connectivity index is 1.71. The molecule has 0 saturated carbocycles. The van der Waals surface area contributed by atoms with Gasteiger partial charge < -0.3 is 4.90 Å². The van der Waals surface area contributed by atoms with Gasteiger partial charge in [0, 0.05) is 18.2 Å². The average Bonchev–Trinajstić information content (AvgIpc) is 3.16. The molecular formula is C16H17N5OS. The molecule has 0 N–H and O–H groups in total. The van der Waals surface area contributed by atoms with Crippen LogP contribution in [0.25, 0.3) is 15.5 Å². The van der Waals surface area contributed by atoms with Gasteiger partial charge in [0.05, 0.1) is 0 Å². The maximum atomic E-state index is 12.8. The number of hydrogen-bond donors (Lipinski definition) is 0. The molecular weight excluding hydrogens is 310 g/mol. The molecule has 1 aliphatic heterocycles. The quantitative estimate of drug-likeness (QED) is 0.726. The van der Waals surface area contributed by atoms with Gasteiger partial charge in [-0.2, -0.15) is 9.61 Å². The lowest BCUT2D eigenvalue weighted by atomic mass is 10.0. The lowest BCUT2D eigenvalue weighted by Gasteiger charge is -2.32. The minimum absolute atomic E-state index is 0.0744. The summed E-state index contributed by atoms with van der Waals surface area (Å²) < 4.78 is 1.58. The van der Waals surface area contributed by atoms with Crippen LogP contribution in [0.3, 0.4) is 0 Å². The van der Waals surface area contributed by atoms with E-state index in [0.717, 1.165) is 30.0 Å². The van der Waals surface area contributed by atoms with Crippen molar-refractivity contribution in [3.05, 3.63) is 36.2 Å². The second-order valence-electron chi connectivity index (χ2n) is 5.83. The van der Waals surface area contributed by atoms with E-state index in [0.29, 0.717) is 10.8 Å². The van der Waals surface area contributed by atoms with E-state index >= 15 is 0 Å². The number of benzene rings is 1. The van der Waals surface area contributed by atoms with E-state index in [-0.39, 0.29) is 11.9 Å². The summed E-state index contributed by atoms with van der Waals surface area (Å²) in [7, 11) is 0. The number of aromatic nitrogens is 4. The van der Waals surface area contributed by atoms with Crippen LogP contribution in [0.15, 0.2) is 30.3 Å². The summed E-state index contributed by atoms with van der Waals surface area (Å²) in [4.78, 5) is 15.3. The molecule has 1 aromatic carbocycles. The lowest BCUT2D eigenvalue weighted by Crippen LogP contribution is -2.42. The number of fused-ring (bicyclic) bond motifs is 1. The van der Waals surface area contributed by atoms with Crippen molar-refractivity contribution in [3.63, 3.8) is 0 Å². The molecule has 0 spiro atoms. The Labute approximate surface area is 137 Å². The van der Waals surface area contributed by atoms with Crippen molar-refractivity contribution in [1.29, 1.82) is 0 Å². The van der Waals surface area contributed by atoms with E-state index in [4.69, 9.17) is 0 Å². The van der Waals surface area contributed by atoms with Crippen molar-refractivity contribution in [2.24, 2.45) is 0 Å². The highest BCUT2D eigenvalue weighted by Crippen LogP contribution is 2.26.